The number of nitrogens with one attached hydrogen (secondary N) is 1. The highest BCUT2D eigenvalue weighted by Crippen LogP contribution is 2.28. The molecule has 0 spiro atoms. The first-order chi connectivity index (χ1) is 7.47. The van der Waals surface area contributed by atoms with Crippen molar-refractivity contribution < 1.29 is 0 Å². The summed E-state index contributed by atoms with van der Waals surface area (Å²) in [5, 5.41) is 3.25. The normalized spacial score (nSPS) is 12.9. The minimum atomic E-state index is 0.368. The summed E-state index contributed by atoms with van der Waals surface area (Å²) >= 11 is 3.64. The Balaban J connectivity index is 2.99. The number of halogens is 1. The summed E-state index contributed by atoms with van der Waals surface area (Å²) in [4.78, 5) is 2.26. The number of benzene rings is 1. The minimum absolute atomic E-state index is 0.368. The van der Waals surface area contributed by atoms with E-state index in [4.69, 9.17) is 0 Å². The van der Waals surface area contributed by atoms with E-state index in [2.05, 4.69) is 72.2 Å². The molecule has 0 aliphatic rings. The van der Waals surface area contributed by atoms with Gasteiger partial charge in [0.2, 0.25) is 0 Å². The summed E-state index contributed by atoms with van der Waals surface area (Å²) < 4.78 is 1.17. The molecule has 16 heavy (non-hydrogen) atoms. The molecule has 0 amide bonds. The summed E-state index contributed by atoms with van der Waals surface area (Å²) in [6.07, 6.45) is 0. The Morgan fingerprint density at radius 2 is 1.88 bits per heavy atom. The number of anilines is 1. The molecule has 0 aromatic heterocycles. The van der Waals surface area contributed by atoms with Crippen LogP contribution >= 0.6 is 15.9 Å². The van der Waals surface area contributed by atoms with Crippen LogP contribution in [0.3, 0.4) is 0 Å². The van der Waals surface area contributed by atoms with E-state index < -0.39 is 0 Å². The molecule has 1 aromatic carbocycles. The SMILES string of the molecule is CNC(C)c1ccc(N(C)C(C)C)cc1Br. The molecule has 0 saturated carbocycles. The van der Waals surface area contributed by atoms with Gasteiger partial charge in [0, 0.05) is 29.3 Å². The highest BCUT2D eigenvalue weighted by Gasteiger charge is 2.10. The van der Waals surface area contributed by atoms with E-state index in [-0.39, 0.29) is 0 Å². The Bertz CT molecular complexity index is 350. The highest BCUT2D eigenvalue weighted by atomic mass is 79.9. The van der Waals surface area contributed by atoms with Gasteiger partial charge in [0.05, 0.1) is 0 Å². The molecule has 1 N–H and O–H groups in total. The van der Waals surface area contributed by atoms with E-state index in [1.165, 1.54) is 15.7 Å². The van der Waals surface area contributed by atoms with Gasteiger partial charge >= 0.3 is 0 Å². The highest BCUT2D eigenvalue weighted by molar-refractivity contribution is 9.10. The molecule has 1 unspecified atom stereocenters. The van der Waals surface area contributed by atoms with Gasteiger partial charge in [-0.1, -0.05) is 22.0 Å². The fourth-order valence-corrected chi connectivity index (χ4v) is 2.25. The summed E-state index contributed by atoms with van der Waals surface area (Å²) in [6.45, 7) is 6.54. The van der Waals surface area contributed by atoms with E-state index >= 15 is 0 Å². The van der Waals surface area contributed by atoms with Gasteiger partial charge in [0.1, 0.15) is 0 Å². The summed E-state index contributed by atoms with van der Waals surface area (Å²) in [7, 11) is 4.10. The van der Waals surface area contributed by atoms with E-state index in [0.717, 1.165) is 0 Å². The third kappa shape index (κ3) is 2.98. The van der Waals surface area contributed by atoms with E-state index in [0.29, 0.717) is 12.1 Å². The minimum Gasteiger partial charge on any atom is -0.372 e. The second-order valence-corrected chi connectivity index (χ2v) is 5.28. The number of nitrogens with zero attached hydrogens (tertiary/aromatic N) is 1. The Hall–Kier alpha value is -0.540. The smallest absolute Gasteiger partial charge is 0.0377 e. The third-order valence-electron chi connectivity index (χ3n) is 3.07. The van der Waals surface area contributed by atoms with Crippen LogP contribution < -0.4 is 10.2 Å². The Morgan fingerprint density at radius 3 is 2.31 bits per heavy atom. The van der Waals surface area contributed by atoms with Crippen LogP contribution in [0.5, 0.6) is 0 Å². The quantitative estimate of drug-likeness (QED) is 0.909. The average Bonchev–Trinajstić information content (AvgIpc) is 2.26. The van der Waals surface area contributed by atoms with Crippen LogP contribution in [0, 0.1) is 0 Å². The lowest BCUT2D eigenvalue weighted by Crippen LogP contribution is -2.25. The molecule has 90 valence electrons. The van der Waals surface area contributed by atoms with Crippen molar-refractivity contribution in [3.8, 4) is 0 Å². The standard InChI is InChI=1S/C13H21BrN2/c1-9(2)16(5)11-6-7-12(10(3)15-4)13(14)8-11/h6-10,15H,1-5H3. The van der Waals surface area contributed by atoms with Crippen LogP contribution in [0.2, 0.25) is 0 Å². The lowest BCUT2D eigenvalue weighted by Gasteiger charge is -2.25. The number of hydrogen-bond acceptors (Lipinski definition) is 2. The molecule has 0 bridgehead atoms. The predicted molar refractivity (Wildman–Crippen MR) is 75.2 cm³/mol. The van der Waals surface area contributed by atoms with Crippen LogP contribution in [0.15, 0.2) is 22.7 Å². The zero-order chi connectivity index (χ0) is 12.3. The van der Waals surface area contributed by atoms with Crippen molar-refractivity contribution in [3.63, 3.8) is 0 Å². The Morgan fingerprint density at radius 1 is 1.25 bits per heavy atom. The second kappa shape index (κ2) is 5.69. The van der Waals surface area contributed by atoms with Gasteiger partial charge in [-0.15, -0.1) is 0 Å². The van der Waals surface area contributed by atoms with Crippen molar-refractivity contribution >= 4 is 21.6 Å². The lowest BCUT2D eigenvalue weighted by molar-refractivity contribution is 0.649. The fraction of sp³-hybridized carbons (Fsp3) is 0.538. The summed E-state index contributed by atoms with van der Waals surface area (Å²) in [5.41, 5.74) is 2.54. The van der Waals surface area contributed by atoms with Crippen LogP contribution in [0.1, 0.15) is 32.4 Å². The van der Waals surface area contributed by atoms with Crippen molar-refractivity contribution in [1.82, 2.24) is 5.32 Å². The summed E-state index contributed by atoms with van der Waals surface area (Å²) in [5.74, 6) is 0. The number of rotatable bonds is 4. The molecule has 1 rings (SSSR count). The lowest BCUT2D eigenvalue weighted by atomic mass is 10.1. The van der Waals surface area contributed by atoms with Crippen LogP contribution in [-0.2, 0) is 0 Å². The molecular formula is C13H21BrN2. The maximum atomic E-state index is 3.64. The van der Waals surface area contributed by atoms with Gasteiger partial charge < -0.3 is 10.2 Å². The first-order valence-electron chi connectivity index (χ1n) is 5.67. The monoisotopic (exact) mass is 284 g/mol. The Kier molecular flexibility index (Phi) is 4.81. The van der Waals surface area contributed by atoms with Gasteiger partial charge in [0.25, 0.3) is 0 Å². The average molecular weight is 285 g/mol. The maximum Gasteiger partial charge on any atom is 0.0377 e. The van der Waals surface area contributed by atoms with Crippen molar-refractivity contribution in [2.24, 2.45) is 0 Å². The molecule has 3 heteroatoms. The summed E-state index contributed by atoms with van der Waals surface area (Å²) in [6, 6.07) is 7.42. The number of hydrogen-bond donors (Lipinski definition) is 1. The second-order valence-electron chi connectivity index (χ2n) is 4.42. The van der Waals surface area contributed by atoms with Crippen LogP contribution in [0.25, 0.3) is 0 Å². The van der Waals surface area contributed by atoms with Crippen molar-refractivity contribution in [3.05, 3.63) is 28.2 Å². The Labute approximate surface area is 107 Å². The van der Waals surface area contributed by atoms with E-state index in [1.54, 1.807) is 0 Å². The predicted octanol–water partition coefficient (Wildman–Crippen LogP) is 3.57. The van der Waals surface area contributed by atoms with Gasteiger partial charge in [-0.05, 0) is 45.5 Å². The first kappa shape index (κ1) is 13.5. The topological polar surface area (TPSA) is 15.3 Å². The van der Waals surface area contributed by atoms with Crippen molar-refractivity contribution in [2.45, 2.75) is 32.9 Å². The van der Waals surface area contributed by atoms with Crippen LogP contribution in [0.4, 0.5) is 5.69 Å². The van der Waals surface area contributed by atoms with E-state index in [1.807, 2.05) is 7.05 Å². The molecular weight excluding hydrogens is 264 g/mol. The van der Waals surface area contributed by atoms with Crippen LogP contribution in [-0.4, -0.2) is 20.1 Å². The zero-order valence-electron chi connectivity index (χ0n) is 10.7. The molecule has 0 fully saturated rings. The van der Waals surface area contributed by atoms with Gasteiger partial charge in [-0.25, -0.2) is 0 Å². The van der Waals surface area contributed by atoms with Gasteiger partial charge in [-0.3, -0.25) is 0 Å². The molecule has 0 radical (unpaired) electrons. The molecule has 0 aliphatic heterocycles. The zero-order valence-corrected chi connectivity index (χ0v) is 12.3. The molecule has 2 nitrogen and oxygen atoms in total. The first-order valence-corrected chi connectivity index (χ1v) is 6.46. The van der Waals surface area contributed by atoms with E-state index in [9.17, 15) is 0 Å². The molecule has 1 atom stereocenters. The largest absolute Gasteiger partial charge is 0.372 e. The van der Waals surface area contributed by atoms with Gasteiger partial charge in [-0.2, -0.15) is 0 Å². The molecule has 0 aliphatic carbocycles. The van der Waals surface area contributed by atoms with Crippen molar-refractivity contribution in [1.29, 1.82) is 0 Å². The fourth-order valence-electron chi connectivity index (χ4n) is 1.54. The molecule has 0 heterocycles. The van der Waals surface area contributed by atoms with Gasteiger partial charge in [0.15, 0.2) is 0 Å². The van der Waals surface area contributed by atoms with Crippen molar-refractivity contribution in [2.75, 3.05) is 19.0 Å². The maximum absolute atomic E-state index is 3.64. The molecule has 0 saturated heterocycles. The third-order valence-corrected chi connectivity index (χ3v) is 3.75. The molecule has 1 aromatic rings.